The van der Waals surface area contributed by atoms with Crippen LogP contribution in [0.2, 0.25) is 0 Å². The molecule has 2 nitrogen and oxygen atoms in total. The summed E-state index contributed by atoms with van der Waals surface area (Å²) >= 11 is 6.01. The molecule has 1 heterocycles. The van der Waals surface area contributed by atoms with E-state index in [2.05, 4.69) is 16.0 Å². The molecule has 1 atom stereocenters. The van der Waals surface area contributed by atoms with Crippen molar-refractivity contribution in [3.63, 3.8) is 0 Å². The molecule has 0 aromatic carbocycles. The SMILES string of the molecule is CC1=CN(C)CN(C)C1Cl. The molecule has 1 rings (SSSR count). The maximum absolute atomic E-state index is 6.01. The number of rotatable bonds is 0. The lowest BCUT2D eigenvalue weighted by Gasteiger charge is -2.33. The predicted molar refractivity (Wildman–Crippen MR) is 43.8 cm³/mol. The first-order chi connectivity index (χ1) is 4.61. The second-order valence-corrected chi connectivity index (χ2v) is 3.28. The molecule has 0 aromatic heterocycles. The van der Waals surface area contributed by atoms with Crippen molar-refractivity contribution in [2.24, 2.45) is 0 Å². The summed E-state index contributed by atoms with van der Waals surface area (Å²) in [7, 11) is 4.06. The Morgan fingerprint density at radius 1 is 1.60 bits per heavy atom. The van der Waals surface area contributed by atoms with Gasteiger partial charge in [0.2, 0.25) is 0 Å². The van der Waals surface area contributed by atoms with Gasteiger partial charge in [0.05, 0.1) is 6.67 Å². The molecule has 0 N–H and O–H groups in total. The average molecular weight is 161 g/mol. The van der Waals surface area contributed by atoms with E-state index in [1.807, 2.05) is 21.0 Å². The first-order valence-corrected chi connectivity index (χ1v) is 3.78. The first-order valence-electron chi connectivity index (χ1n) is 3.34. The van der Waals surface area contributed by atoms with Crippen molar-refractivity contribution < 1.29 is 0 Å². The molecule has 58 valence electrons. The third kappa shape index (κ3) is 1.44. The Morgan fingerprint density at radius 2 is 2.20 bits per heavy atom. The van der Waals surface area contributed by atoms with Gasteiger partial charge in [-0.1, -0.05) is 0 Å². The number of likely N-dealkylation sites (N-methyl/N-ethyl adjacent to an activating group) is 1. The van der Waals surface area contributed by atoms with Gasteiger partial charge in [-0.15, -0.1) is 11.6 Å². The van der Waals surface area contributed by atoms with Gasteiger partial charge < -0.3 is 4.90 Å². The summed E-state index contributed by atoms with van der Waals surface area (Å²) in [4.78, 5) is 4.21. The van der Waals surface area contributed by atoms with Gasteiger partial charge in [0.15, 0.2) is 0 Å². The zero-order valence-corrected chi connectivity index (χ0v) is 7.39. The lowest BCUT2D eigenvalue weighted by atomic mass is 10.2. The van der Waals surface area contributed by atoms with Crippen LogP contribution >= 0.6 is 11.6 Å². The van der Waals surface area contributed by atoms with Gasteiger partial charge in [0, 0.05) is 13.2 Å². The molecule has 0 bridgehead atoms. The van der Waals surface area contributed by atoms with Crippen molar-refractivity contribution in [2.75, 3.05) is 20.8 Å². The quantitative estimate of drug-likeness (QED) is 0.389. The highest BCUT2D eigenvalue weighted by atomic mass is 35.5. The van der Waals surface area contributed by atoms with Crippen LogP contribution in [-0.2, 0) is 0 Å². The second kappa shape index (κ2) is 2.81. The number of hydrogen-bond acceptors (Lipinski definition) is 2. The van der Waals surface area contributed by atoms with Crippen LogP contribution < -0.4 is 0 Å². The van der Waals surface area contributed by atoms with E-state index in [0.717, 1.165) is 6.67 Å². The highest BCUT2D eigenvalue weighted by Gasteiger charge is 2.18. The molecular formula is C7H13ClN2. The topological polar surface area (TPSA) is 6.48 Å². The van der Waals surface area contributed by atoms with Crippen LogP contribution in [0.4, 0.5) is 0 Å². The number of nitrogens with zero attached hydrogens (tertiary/aromatic N) is 2. The van der Waals surface area contributed by atoms with Crippen molar-refractivity contribution in [1.29, 1.82) is 0 Å². The zero-order chi connectivity index (χ0) is 7.72. The summed E-state index contributed by atoms with van der Waals surface area (Å²) < 4.78 is 0. The maximum Gasteiger partial charge on any atom is 0.109 e. The van der Waals surface area contributed by atoms with E-state index in [-0.39, 0.29) is 5.50 Å². The molecule has 0 saturated heterocycles. The third-order valence-electron chi connectivity index (χ3n) is 1.63. The monoisotopic (exact) mass is 160 g/mol. The summed E-state index contributed by atoms with van der Waals surface area (Å²) in [6.45, 7) is 2.95. The first kappa shape index (κ1) is 7.89. The van der Waals surface area contributed by atoms with E-state index < -0.39 is 0 Å². The molecule has 0 spiro atoms. The molecule has 1 unspecified atom stereocenters. The summed E-state index contributed by atoms with van der Waals surface area (Å²) in [5.74, 6) is 0. The Hall–Kier alpha value is -0.210. The highest BCUT2D eigenvalue weighted by Crippen LogP contribution is 2.17. The summed E-state index contributed by atoms with van der Waals surface area (Å²) in [6.07, 6.45) is 2.08. The van der Waals surface area contributed by atoms with E-state index in [1.165, 1.54) is 5.57 Å². The Balaban J connectivity index is 2.71. The number of halogens is 1. The molecule has 0 aromatic rings. The fourth-order valence-corrected chi connectivity index (χ4v) is 1.34. The van der Waals surface area contributed by atoms with Gasteiger partial charge >= 0.3 is 0 Å². The fourth-order valence-electron chi connectivity index (χ4n) is 1.22. The van der Waals surface area contributed by atoms with Gasteiger partial charge in [-0.2, -0.15) is 0 Å². The summed E-state index contributed by atoms with van der Waals surface area (Å²) in [6, 6.07) is 0. The molecule has 1 aliphatic heterocycles. The Kier molecular flexibility index (Phi) is 2.21. The zero-order valence-electron chi connectivity index (χ0n) is 6.63. The van der Waals surface area contributed by atoms with E-state index in [0.29, 0.717) is 0 Å². The number of alkyl halides is 1. The molecule has 1 aliphatic rings. The van der Waals surface area contributed by atoms with Gasteiger partial charge in [-0.25, -0.2) is 0 Å². The van der Waals surface area contributed by atoms with Gasteiger partial charge in [-0.3, -0.25) is 4.90 Å². The van der Waals surface area contributed by atoms with Crippen molar-refractivity contribution >= 4 is 11.6 Å². The molecule has 0 amide bonds. The van der Waals surface area contributed by atoms with Crippen molar-refractivity contribution in [3.8, 4) is 0 Å². The minimum absolute atomic E-state index is 0.0798. The van der Waals surface area contributed by atoms with Crippen LogP contribution in [0.5, 0.6) is 0 Å². The van der Waals surface area contributed by atoms with Crippen LogP contribution in [0.15, 0.2) is 11.8 Å². The lowest BCUT2D eigenvalue weighted by molar-refractivity contribution is 0.203. The molecule has 0 radical (unpaired) electrons. The van der Waals surface area contributed by atoms with Crippen molar-refractivity contribution in [2.45, 2.75) is 12.4 Å². The van der Waals surface area contributed by atoms with Crippen LogP contribution in [0, 0.1) is 0 Å². The highest BCUT2D eigenvalue weighted by molar-refractivity contribution is 6.22. The lowest BCUT2D eigenvalue weighted by Crippen LogP contribution is -2.40. The Bertz CT molecular complexity index is 156. The second-order valence-electron chi connectivity index (χ2n) is 2.86. The standard InChI is InChI=1S/C7H13ClN2/c1-6-4-9(2)5-10(3)7(6)8/h4,7H,5H2,1-3H3. The summed E-state index contributed by atoms with van der Waals surface area (Å²) in [5, 5.41) is 0. The van der Waals surface area contributed by atoms with E-state index in [1.54, 1.807) is 0 Å². The Labute approximate surface area is 67.1 Å². The van der Waals surface area contributed by atoms with Crippen molar-refractivity contribution in [1.82, 2.24) is 9.80 Å². The fraction of sp³-hybridized carbons (Fsp3) is 0.714. The molecule has 0 fully saturated rings. The van der Waals surface area contributed by atoms with E-state index in [4.69, 9.17) is 11.6 Å². The minimum Gasteiger partial charge on any atom is -0.367 e. The van der Waals surface area contributed by atoms with E-state index >= 15 is 0 Å². The van der Waals surface area contributed by atoms with Crippen LogP contribution in [-0.4, -0.2) is 36.1 Å². The Morgan fingerprint density at radius 3 is 2.70 bits per heavy atom. The summed E-state index contributed by atoms with van der Waals surface area (Å²) in [5.41, 5.74) is 1.29. The molecular weight excluding hydrogens is 148 g/mol. The van der Waals surface area contributed by atoms with Crippen LogP contribution in [0.3, 0.4) is 0 Å². The predicted octanol–water partition coefficient (Wildman–Crippen LogP) is 1.29. The van der Waals surface area contributed by atoms with Gasteiger partial charge in [0.25, 0.3) is 0 Å². The molecule has 10 heavy (non-hydrogen) atoms. The largest absolute Gasteiger partial charge is 0.367 e. The maximum atomic E-state index is 6.01. The van der Waals surface area contributed by atoms with E-state index in [9.17, 15) is 0 Å². The van der Waals surface area contributed by atoms with Crippen LogP contribution in [0.25, 0.3) is 0 Å². The van der Waals surface area contributed by atoms with Crippen molar-refractivity contribution in [3.05, 3.63) is 11.8 Å². The third-order valence-corrected chi connectivity index (χ3v) is 2.31. The normalized spacial score (nSPS) is 28.6. The number of hydrogen-bond donors (Lipinski definition) is 0. The molecule has 0 saturated carbocycles. The van der Waals surface area contributed by atoms with Crippen LogP contribution in [0.1, 0.15) is 6.92 Å². The average Bonchev–Trinajstić information content (AvgIpc) is 1.82. The molecule has 3 heteroatoms. The molecule has 0 aliphatic carbocycles. The smallest absolute Gasteiger partial charge is 0.109 e. The van der Waals surface area contributed by atoms with Gasteiger partial charge in [-0.05, 0) is 19.5 Å². The van der Waals surface area contributed by atoms with Gasteiger partial charge in [0.1, 0.15) is 5.50 Å². The minimum atomic E-state index is 0.0798.